The van der Waals surface area contributed by atoms with Gasteiger partial charge in [0.05, 0.1) is 31.9 Å². The number of halogens is 1. The molecule has 2 aliphatic carbocycles. The summed E-state index contributed by atoms with van der Waals surface area (Å²) in [7, 11) is -5.08. The Morgan fingerprint density at radius 2 is 1.85 bits per heavy atom. The van der Waals surface area contributed by atoms with E-state index in [1.165, 1.54) is 12.7 Å². The van der Waals surface area contributed by atoms with Gasteiger partial charge in [0.15, 0.2) is 35.0 Å². The number of nitrogens with two attached hydrogens (primary N) is 2. The second-order valence-electron chi connectivity index (χ2n) is 11.5. The van der Waals surface area contributed by atoms with Crippen molar-refractivity contribution in [3.63, 3.8) is 0 Å². The van der Waals surface area contributed by atoms with Gasteiger partial charge in [-0.2, -0.15) is 4.98 Å². The summed E-state index contributed by atoms with van der Waals surface area (Å²) >= 11 is 5.26. The van der Waals surface area contributed by atoms with E-state index >= 15 is 4.39 Å². The van der Waals surface area contributed by atoms with Crippen molar-refractivity contribution in [2.45, 2.75) is 49.3 Å². The number of aromatic amines is 1. The second kappa shape index (κ2) is 10.2. The van der Waals surface area contributed by atoms with E-state index in [-0.39, 0.29) is 22.9 Å². The maximum absolute atomic E-state index is 15.9. The lowest BCUT2D eigenvalue weighted by Crippen LogP contribution is -2.38. The molecule has 6 heterocycles. The Kier molecular flexibility index (Phi) is 6.75. The number of hydrogen-bond donors (Lipinski definition) is 6. The van der Waals surface area contributed by atoms with Crippen LogP contribution in [0.25, 0.3) is 22.3 Å². The zero-order chi connectivity index (χ0) is 32.3. The molecule has 2 aliphatic heterocycles. The minimum atomic E-state index is -5.08. The smallest absolute Gasteiger partial charge is 0.388 e. The van der Waals surface area contributed by atoms with Crippen LogP contribution in [0.1, 0.15) is 18.7 Å². The molecular weight excluding hydrogens is 677 g/mol. The van der Waals surface area contributed by atoms with Crippen molar-refractivity contribution in [2.24, 2.45) is 11.3 Å². The molecule has 4 aliphatic rings. The zero-order valence-electron chi connectivity index (χ0n) is 23.1. The van der Waals surface area contributed by atoms with Gasteiger partial charge in [0, 0.05) is 5.41 Å². The second-order valence-corrected chi connectivity index (χ2v) is 15.7. The molecule has 46 heavy (non-hydrogen) atoms. The van der Waals surface area contributed by atoms with Gasteiger partial charge in [-0.25, -0.2) is 28.9 Å². The van der Waals surface area contributed by atoms with Gasteiger partial charge in [-0.3, -0.25) is 23.4 Å². The van der Waals surface area contributed by atoms with Crippen molar-refractivity contribution in [1.82, 2.24) is 39.0 Å². The number of alkyl halides is 1. The van der Waals surface area contributed by atoms with Crippen LogP contribution < -0.4 is 17.0 Å². The number of anilines is 2. The van der Waals surface area contributed by atoms with Gasteiger partial charge >= 0.3 is 14.5 Å². The zero-order valence-corrected chi connectivity index (χ0v) is 25.7. The van der Waals surface area contributed by atoms with Crippen molar-refractivity contribution in [3.8, 4) is 0 Å². The molecule has 24 heteroatoms. The van der Waals surface area contributed by atoms with Crippen molar-refractivity contribution in [3.05, 3.63) is 29.3 Å². The highest BCUT2D eigenvalue weighted by Gasteiger charge is 2.74. The van der Waals surface area contributed by atoms with Crippen molar-refractivity contribution < 1.29 is 46.7 Å². The van der Waals surface area contributed by atoms with Crippen LogP contribution in [0.3, 0.4) is 0 Å². The number of phosphoric ester groups is 1. The predicted molar refractivity (Wildman–Crippen MR) is 155 cm³/mol. The first-order valence-corrected chi connectivity index (χ1v) is 17.8. The number of rotatable bonds is 2. The lowest BCUT2D eigenvalue weighted by molar-refractivity contribution is -0.0610. The Morgan fingerprint density at radius 3 is 2.65 bits per heavy atom. The van der Waals surface area contributed by atoms with Crippen molar-refractivity contribution in [2.75, 3.05) is 24.7 Å². The summed E-state index contributed by atoms with van der Waals surface area (Å²) < 4.78 is 59.9. The molecule has 4 fully saturated rings. The Bertz CT molecular complexity index is 2050. The van der Waals surface area contributed by atoms with E-state index in [2.05, 4.69) is 29.9 Å². The van der Waals surface area contributed by atoms with E-state index in [1.54, 1.807) is 4.57 Å². The summed E-state index contributed by atoms with van der Waals surface area (Å²) in [5.74, 6) is -0.598. The number of fused-ring (bicyclic) bond motifs is 4. The number of nitrogens with one attached hydrogen (secondary N) is 1. The molecule has 2 saturated carbocycles. The molecule has 20 nitrogen and oxygen atoms in total. The fourth-order valence-electron chi connectivity index (χ4n) is 6.78. The quantitative estimate of drug-likeness (QED) is 0.142. The van der Waals surface area contributed by atoms with Gasteiger partial charge < -0.3 is 44.7 Å². The van der Waals surface area contributed by atoms with Crippen LogP contribution in [0, 0.1) is 11.3 Å². The highest BCUT2D eigenvalue weighted by molar-refractivity contribution is 8.07. The highest BCUT2D eigenvalue weighted by atomic mass is 32.5. The standard InChI is InChI=1S/C22H25FN10O10P2S/c23-9-8-2-39-45(38,46)43-15-13(34)12(32-5-28-10-16(24)26-4-27-17(10)32)7-1-22(7,15)3-40-44(36,37)42-14(9)20(41-8)33-6-29-11-18(33)30-21(25)31-19(11)35/h4-9,12-15,20,34H,1-3H2,(H,36,37)(H,38,46)(H2,24,26,27)(H3,25,30,31,35)/t7-,8-,9-,12-,13+,14-,15+,20-,22+,45?/m1/s1. The normalized spacial score (nSPS) is 41.0. The molecule has 2 bridgehead atoms. The largest absolute Gasteiger partial charge is 0.472 e. The summed E-state index contributed by atoms with van der Waals surface area (Å²) in [5.41, 5.74) is 10.1. The molecule has 8 N–H and O–H groups in total. The lowest BCUT2D eigenvalue weighted by atomic mass is 10.0. The summed E-state index contributed by atoms with van der Waals surface area (Å²) in [6.45, 7) is -5.43. The van der Waals surface area contributed by atoms with Crippen LogP contribution in [0.5, 0.6) is 0 Å². The third-order valence-electron chi connectivity index (χ3n) is 8.91. The number of nitrogens with zero attached hydrogens (tertiary/aromatic N) is 7. The Labute approximate surface area is 260 Å². The number of hydrogen-bond acceptors (Lipinski definition) is 16. The fourth-order valence-corrected chi connectivity index (χ4v) is 9.25. The number of phosphoric acid groups is 1. The molecule has 246 valence electrons. The minimum Gasteiger partial charge on any atom is -0.388 e. The molecule has 2 unspecified atom stereocenters. The number of ether oxygens (including phenoxy) is 1. The van der Waals surface area contributed by atoms with Gasteiger partial charge in [-0.1, -0.05) is 0 Å². The lowest BCUT2D eigenvalue weighted by Gasteiger charge is -2.31. The number of H-pyrrole nitrogens is 1. The van der Waals surface area contributed by atoms with Crippen molar-refractivity contribution >= 4 is 60.4 Å². The molecule has 11 atom stereocenters. The molecule has 0 amide bonds. The first kappa shape index (κ1) is 30.3. The molecule has 4 aromatic rings. The molecule has 4 aromatic heterocycles. The van der Waals surface area contributed by atoms with Crippen LogP contribution in [0.15, 0.2) is 23.8 Å². The Morgan fingerprint density at radius 1 is 1.09 bits per heavy atom. The SMILES string of the molecule is Nc1nc2c(ncn2[C@@H]2O[C@@H]3COP(O)(=S)O[C@H]4[C@@H](O)[C@H](n5cnc6c(N)ncnc65)[C@H]5C[C@]54COP(=O)(O)O[C@@H]2[C@@H]3F)c(=O)[nH]1. The van der Waals surface area contributed by atoms with Gasteiger partial charge in [-0.05, 0) is 24.1 Å². The topological polar surface area (TPSA) is 283 Å². The third-order valence-corrected chi connectivity index (χ3v) is 11.4. The molecule has 2 saturated heterocycles. The molecule has 0 radical (unpaired) electrons. The van der Waals surface area contributed by atoms with Gasteiger partial charge in [-0.15, -0.1) is 0 Å². The average Bonchev–Trinajstić information content (AvgIpc) is 3.26. The van der Waals surface area contributed by atoms with Gasteiger partial charge in [0.25, 0.3) is 5.56 Å². The van der Waals surface area contributed by atoms with E-state index in [0.29, 0.717) is 17.6 Å². The Balaban J connectivity index is 1.14. The Hall–Kier alpha value is -3.01. The molecule has 0 aromatic carbocycles. The van der Waals surface area contributed by atoms with Crippen LogP contribution in [-0.4, -0.2) is 97.7 Å². The molecule has 8 rings (SSSR count). The molecular formula is C22H25FN10O10P2S. The number of aliphatic hydroxyl groups is 1. The van der Waals surface area contributed by atoms with Gasteiger partial charge in [0.1, 0.15) is 36.3 Å². The number of aromatic nitrogens is 8. The number of aliphatic hydroxyl groups excluding tert-OH is 1. The third kappa shape index (κ3) is 4.63. The van der Waals surface area contributed by atoms with Crippen LogP contribution in [0.4, 0.5) is 16.2 Å². The maximum Gasteiger partial charge on any atom is 0.472 e. The van der Waals surface area contributed by atoms with E-state index in [4.69, 9.17) is 46.1 Å². The summed E-state index contributed by atoms with van der Waals surface area (Å²) in [4.78, 5) is 57.0. The monoisotopic (exact) mass is 702 g/mol. The van der Waals surface area contributed by atoms with E-state index in [9.17, 15) is 24.3 Å². The van der Waals surface area contributed by atoms with Crippen LogP contribution in [-0.2, 0) is 39.2 Å². The molecule has 1 spiro atoms. The van der Waals surface area contributed by atoms with E-state index < -0.39 is 87.5 Å². The first-order valence-electron chi connectivity index (χ1n) is 13.7. The summed E-state index contributed by atoms with van der Waals surface area (Å²) in [6.07, 6.45) is -5.58. The highest BCUT2D eigenvalue weighted by Crippen LogP contribution is 2.72. The first-order chi connectivity index (χ1) is 21.8. The van der Waals surface area contributed by atoms with Crippen LogP contribution >= 0.6 is 14.5 Å². The van der Waals surface area contributed by atoms with Gasteiger partial charge in [0.2, 0.25) is 5.95 Å². The summed E-state index contributed by atoms with van der Waals surface area (Å²) in [6, 6.07) is -0.758. The van der Waals surface area contributed by atoms with Crippen LogP contribution in [0.2, 0.25) is 0 Å². The minimum absolute atomic E-state index is 0.119. The summed E-state index contributed by atoms with van der Waals surface area (Å²) in [5, 5.41) is 11.5. The number of imidazole rings is 2. The maximum atomic E-state index is 15.9. The average molecular weight is 703 g/mol. The predicted octanol–water partition coefficient (Wildman–Crippen LogP) is -0.584. The fraction of sp³-hybridized carbons (Fsp3) is 0.545. The number of nitrogen functional groups attached to an aromatic ring is 2. The van der Waals surface area contributed by atoms with E-state index in [1.807, 2.05) is 0 Å². The van der Waals surface area contributed by atoms with E-state index in [0.717, 1.165) is 10.9 Å². The van der Waals surface area contributed by atoms with Crippen molar-refractivity contribution in [1.29, 1.82) is 0 Å².